The third kappa shape index (κ3) is 5.00. The summed E-state index contributed by atoms with van der Waals surface area (Å²) in [4.78, 5) is 21.4. The number of carboxylic acid groups (broad SMARTS) is 1. The molecule has 3 rings (SSSR count). The number of nitrogens with two attached hydrogens (primary N) is 1. The molecule has 0 radical (unpaired) electrons. The number of carbonyl (C=O) groups is 2. The van der Waals surface area contributed by atoms with Gasteiger partial charge in [-0.25, -0.2) is 4.79 Å². The Balaban J connectivity index is 0.000000345. The molecule has 0 spiro atoms. The van der Waals surface area contributed by atoms with Crippen LogP contribution in [0.5, 0.6) is 0 Å². The van der Waals surface area contributed by atoms with Crippen LogP contribution in [0.2, 0.25) is 0 Å². The summed E-state index contributed by atoms with van der Waals surface area (Å²) in [6.07, 6.45) is -1.06. The second-order valence-corrected chi connectivity index (χ2v) is 6.76. The lowest BCUT2D eigenvalue weighted by Gasteiger charge is -2.27. The molecular weight excluding hydrogens is 377 g/mol. The zero-order valence-corrected chi connectivity index (χ0v) is 15.6. The third-order valence-corrected chi connectivity index (χ3v) is 4.82. The van der Waals surface area contributed by atoms with Crippen LogP contribution in [0.3, 0.4) is 0 Å². The number of benzene rings is 1. The number of aliphatic carboxylic acids is 1. The van der Waals surface area contributed by atoms with Gasteiger partial charge in [0.1, 0.15) is 5.52 Å². The highest BCUT2D eigenvalue weighted by atomic mass is 19.4. The smallest absolute Gasteiger partial charge is 0.475 e. The van der Waals surface area contributed by atoms with Gasteiger partial charge in [0.15, 0.2) is 0 Å². The van der Waals surface area contributed by atoms with Gasteiger partial charge in [0, 0.05) is 24.2 Å². The highest BCUT2D eigenvalue weighted by Crippen LogP contribution is 2.28. The van der Waals surface area contributed by atoms with E-state index in [0.29, 0.717) is 0 Å². The Hall–Kier alpha value is -2.62. The van der Waals surface area contributed by atoms with Crippen molar-refractivity contribution in [3.8, 4) is 0 Å². The first kappa shape index (κ1) is 21.7. The minimum absolute atomic E-state index is 0.0246. The van der Waals surface area contributed by atoms with Gasteiger partial charge in [0.05, 0.1) is 11.6 Å². The lowest BCUT2D eigenvalue weighted by atomic mass is 9.84. The predicted molar refractivity (Wildman–Crippen MR) is 97.7 cm³/mol. The molecule has 2 atom stereocenters. The molecule has 2 aromatic rings. The van der Waals surface area contributed by atoms with Crippen LogP contribution in [-0.4, -0.2) is 39.0 Å². The highest BCUT2D eigenvalue weighted by molar-refractivity contribution is 6.02. The topological polar surface area (TPSA) is 110 Å². The monoisotopic (exact) mass is 400 g/mol. The molecule has 0 unspecified atom stereocenters. The molecule has 0 saturated heterocycles. The number of rotatable bonds is 2. The van der Waals surface area contributed by atoms with Crippen molar-refractivity contribution in [2.45, 2.75) is 44.8 Å². The van der Waals surface area contributed by atoms with Crippen molar-refractivity contribution in [3.63, 3.8) is 0 Å². The van der Waals surface area contributed by atoms with Crippen LogP contribution in [0, 0.1) is 12.8 Å². The second-order valence-electron chi connectivity index (χ2n) is 6.76. The van der Waals surface area contributed by atoms with Gasteiger partial charge < -0.3 is 16.2 Å². The van der Waals surface area contributed by atoms with Crippen LogP contribution >= 0.6 is 0 Å². The van der Waals surface area contributed by atoms with Crippen molar-refractivity contribution in [3.05, 3.63) is 23.9 Å². The molecule has 1 amide bonds. The largest absolute Gasteiger partial charge is 0.490 e. The minimum Gasteiger partial charge on any atom is -0.475 e. The van der Waals surface area contributed by atoms with E-state index in [1.54, 1.807) is 0 Å². The van der Waals surface area contributed by atoms with Crippen LogP contribution in [0.25, 0.3) is 10.9 Å². The molecule has 1 aromatic heterocycles. The van der Waals surface area contributed by atoms with Gasteiger partial charge in [0.25, 0.3) is 0 Å². The van der Waals surface area contributed by atoms with E-state index in [-0.39, 0.29) is 17.9 Å². The fourth-order valence-corrected chi connectivity index (χ4v) is 3.15. The number of carboxylic acids is 1. The number of halogens is 3. The Morgan fingerprint density at radius 2 is 1.89 bits per heavy atom. The molecule has 1 heterocycles. The maximum atomic E-state index is 12.5. The molecule has 1 fully saturated rings. The molecule has 28 heavy (non-hydrogen) atoms. The predicted octanol–water partition coefficient (Wildman–Crippen LogP) is 2.97. The lowest BCUT2D eigenvalue weighted by molar-refractivity contribution is -0.192. The fraction of sp³-hybridized carbons (Fsp3) is 0.500. The maximum Gasteiger partial charge on any atom is 0.490 e. The molecular formula is C18H23F3N4O3. The number of nitrogens with one attached hydrogen (secondary N) is 1. The quantitative estimate of drug-likeness (QED) is 0.718. The number of hydrogen-bond donors (Lipinski definition) is 3. The number of alkyl halides is 3. The van der Waals surface area contributed by atoms with E-state index < -0.39 is 12.1 Å². The van der Waals surface area contributed by atoms with E-state index in [2.05, 4.69) is 10.4 Å². The summed E-state index contributed by atoms with van der Waals surface area (Å²) in [5, 5.41) is 15.7. The molecule has 0 bridgehead atoms. The number of hydrogen-bond acceptors (Lipinski definition) is 4. The molecule has 4 N–H and O–H groups in total. The fourth-order valence-electron chi connectivity index (χ4n) is 3.15. The SMILES string of the molecule is Cc1c2cccc(NC(=O)[C@H]3CCCC[C@H]3N)c2nn1C.O=C(O)C(F)(F)F. The third-order valence-electron chi connectivity index (χ3n) is 4.82. The zero-order valence-electron chi connectivity index (χ0n) is 15.6. The van der Waals surface area contributed by atoms with Crippen molar-refractivity contribution in [1.82, 2.24) is 9.78 Å². The summed E-state index contributed by atoms with van der Waals surface area (Å²) in [6.45, 7) is 2.03. The Morgan fingerprint density at radius 3 is 2.46 bits per heavy atom. The Labute approximate surface area is 159 Å². The molecule has 1 aliphatic rings. The average Bonchev–Trinajstić information content (AvgIpc) is 2.91. The zero-order chi connectivity index (χ0) is 21.1. The van der Waals surface area contributed by atoms with Crippen molar-refractivity contribution < 1.29 is 27.9 Å². The Bertz CT molecular complexity index is 864. The van der Waals surface area contributed by atoms with E-state index in [0.717, 1.165) is 48.0 Å². The van der Waals surface area contributed by atoms with E-state index in [9.17, 15) is 18.0 Å². The number of aromatic nitrogens is 2. The van der Waals surface area contributed by atoms with Crippen molar-refractivity contribution in [1.29, 1.82) is 0 Å². The molecule has 154 valence electrons. The van der Waals surface area contributed by atoms with Crippen LogP contribution in [0.1, 0.15) is 31.4 Å². The molecule has 1 saturated carbocycles. The first-order valence-electron chi connectivity index (χ1n) is 8.81. The van der Waals surface area contributed by atoms with Crippen LogP contribution in [-0.2, 0) is 16.6 Å². The summed E-state index contributed by atoms with van der Waals surface area (Å²) in [5.41, 5.74) is 8.81. The normalized spacial score (nSPS) is 19.6. The van der Waals surface area contributed by atoms with Gasteiger partial charge in [-0.15, -0.1) is 0 Å². The minimum atomic E-state index is -5.08. The van der Waals surface area contributed by atoms with Gasteiger partial charge >= 0.3 is 12.1 Å². The standard InChI is InChI=1S/C16H22N4O.C2HF3O2/c1-10-11-7-5-9-14(15(11)19-20(10)2)18-16(21)12-6-3-4-8-13(12)17;3-2(4,5)1(6)7/h5,7,9,12-13H,3-4,6,8,17H2,1-2H3,(H,18,21);(H,6,7)/t12-,13+;/m0./s1. The highest BCUT2D eigenvalue weighted by Gasteiger charge is 2.38. The average molecular weight is 400 g/mol. The first-order chi connectivity index (χ1) is 13.0. The van der Waals surface area contributed by atoms with E-state index in [1.807, 2.05) is 36.9 Å². The number of carbonyl (C=O) groups excluding carboxylic acids is 1. The molecule has 1 aromatic carbocycles. The molecule has 1 aliphatic carbocycles. The number of amides is 1. The van der Waals surface area contributed by atoms with Gasteiger partial charge in [-0.05, 0) is 25.8 Å². The lowest BCUT2D eigenvalue weighted by Crippen LogP contribution is -2.40. The summed E-state index contributed by atoms with van der Waals surface area (Å²) in [5.74, 6) is -2.82. The van der Waals surface area contributed by atoms with Crippen LogP contribution < -0.4 is 11.1 Å². The van der Waals surface area contributed by atoms with Crippen LogP contribution in [0.4, 0.5) is 18.9 Å². The molecule has 10 heteroatoms. The summed E-state index contributed by atoms with van der Waals surface area (Å²) in [6, 6.07) is 5.86. The van der Waals surface area contributed by atoms with Gasteiger partial charge in [-0.1, -0.05) is 25.0 Å². The van der Waals surface area contributed by atoms with Crippen LogP contribution in [0.15, 0.2) is 18.2 Å². The first-order valence-corrected chi connectivity index (χ1v) is 8.81. The number of aryl methyl sites for hydroxylation is 2. The van der Waals surface area contributed by atoms with Crippen molar-refractivity contribution >= 4 is 28.5 Å². The Kier molecular flexibility index (Phi) is 6.65. The number of fused-ring (bicyclic) bond motifs is 1. The van der Waals surface area contributed by atoms with E-state index in [4.69, 9.17) is 15.6 Å². The summed E-state index contributed by atoms with van der Waals surface area (Å²) < 4.78 is 33.6. The van der Waals surface area contributed by atoms with Gasteiger partial charge in [0.2, 0.25) is 5.91 Å². The molecule has 0 aliphatic heterocycles. The number of nitrogens with zero attached hydrogens (tertiary/aromatic N) is 2. The van der Waals surface area contributed by atoms with Crippen molar-refractivity contribution in [2.24, 2.45) is 18.7 Å². The second kappa shape index (κ2) is 8.59. The van der Waals surface area contributed by atoms with Gasteiger partial charge in [-0.2, -0.15) is 18.3 Å². The molecule has 7 nitrogen and oxygen atoms in total. The maximum absolute atomic E-state index is 12.5. The Morgan fingerprint density at radius 1 is 1.29 bits per heavy atom. The van der Waals surface area contributed by atoms with Gasteiger partial charge in [-0.3, -0.25) is 9.48 Å². The van der Waals surface area contributed by atoms with Crippen molar-refractivity contribution in [2.75, 3.05) is 5.32 Å². The summed E-state index contributed by atoms with van der Waals surface area (Å²) >= 11 is 0. The number of anilines is 1. The van der Waals surface area contributed by atoms with E-state index >= 15 is 0 Å². The summed E-state index contributed by atoms with van der Waals surface area (Å²) in [7, 11) is 1.91. The van der Waals surface area contributed by atoms with E-state index in [1.165, 1.54) is 0 Å².